The third-order valence-electron chi connectivity index (χ3n) is 5.24. The number of methoxy groups -OCH3 is 1. The summed E-state index contributed by atoms with van der Waals surface area (Å²) in [5, 5.41) is 5.54. The van der Waals surface area contributed by atoms with Crippen LogP contribution in [0.4, 0.5) is 0 Å². The Morgan fingerprint density at radius 3 is 2.59 bits per heavy atom. The molecule has 2 bridgehead atoms. The highest BCUT2D eigenvalue weighted by atomic mass is 16.5. The van der Waals surface area contributed by atoms with Crippen LogP contribution >= 0.6 is 0 Å². The molecule has 34 heavy (non-hydrogen) atoms. The monoisotopic (exact) mass is 471 g/mol. The van der Waals surface area contributed by atoms with Gasteiger partial charge in [0.05, 0.1) is 13.7 Å². The van der Waals surface area contributed by atoms with E-state index in [2.05, 4.69) is 15.6 Å². The fraction of sp³-hybridized carbons (Fsp3) is 0.500. The van der Waals surface area contributed by atoms with Gasteiger partial charge in [0.15, 0.2) is 6.40 Å². The summed E-state index contributed by atoms with van der Waals surface area (Å²) in [4.78, 5) is 42.7. The Morgan fingerprint density at radius 2 is 1.94 bits per heavy atom. The van der Waals surface area contributed by atoms with Crippen LogP contribution in [0, 0.1) is 5.92 Å². The highest BCUT2D eigenvalue weighted by Crippen LogP contribution is 2.16. The molecule has 0 saturated heterocycles. The normalized spacial score (nSPS) is 22.4. The third kappa shape index (κ3) is 8.92. The second-order valence-corrected chi connectivity index (χ2v) is 8.47. The zero-order valence-corrected chi connectivity index (χ0v) is 20.3. The van der Waals surface area contributed by atoms with E-state index in [1.54, 1.807) is 0 Å². The van der Waals surface area contributed by atoms with E-state index >= 15 is 0 Å². The van der Waals surface area contributed by atoms with Crippen LogP contribution in [0.25, 0.3) is 0 Å². The lowest BCUT2D eigenvalue weighted by Crippen LogP contribution is -2.53. The number of carbonyl (C=O) groups excluding carboxylic acids is 3. The average Bonchev–Trinajstić information content (AvgIpc) is 2.81. The maximum absolute atomic E-state index is 13.1. The number of benzene rings is 1. The van der Waals surface area contributed by atoms with Gasteiger partial charge in [0, 0.05) is 6.42 Å². The molecule has 10 heteroatoms. The van der Waals surface area contributed by atoms with Crippen LogP contribution in [0.1, 0.15) is 38.7 Å². The second-order valence-electron chi connectivity index (χ2n) is 8.47. The van der Waals surface area contributed by atoms with Crippen molar-refractivity contribution in [2.45, 2.75) is 57.7 Å². The van der Waals surface area contributed by atoms with Gasteiger partial charge in [-0.2, -0.15) is 0 Å². The average molecular weight is 471 g/mol. The largest absolute Gasteiger partial charge is 0.560 e. The standard InChI is InChI=1S/C24H34BN3O6/c1-16(2)13-21-23(30)27-19(24(31)32-3)7-5-4-6-12-33-18-10-8-17(9-11-18)14-20(22(29)28-21)26-15-34-25/h4-5,8-11,15-16,19-21H,6-7,12-14,25H2,1-3H3,(H,27,30)(H,28,29)/t19-,20-,21-/m0/s1. The third-order valence-corrected chi connectivity index (χ3v) is 5.24. The molecule has 0 radical (unpaired) electrons. The van der Waals surface area contributed by atoms with Gasteiger partial charge in [-0.1, -0.05) is 38.1 Å². The minimum atomic E-state index is -0.866. The van der Waals surface area contributed by atoms with Crippen molar-refractivity contribution in [1.29, 1.82) is 0 Å². The molecular formula is C24H34BN3O6. The van der Waals surface area contributed by atoms with Gasteiger partial charge < -0.3 is 24.8 Å². The lowest BCUT2D eigenvalue weighted by molar-refractivity contribution is -0.145. The Labute approximate surface area is 201 Å². The molecular weight excluding hydrogens is 437 g/mol. The summed E-state index contributed by atoms with van der Waals surface area (Å²) in [6, 6.07) is 4.96. The lowest BCUT2D eigenvalue weighted by atomic mass is 10.0. The van der Waals surface area contributed by atoms with Crippen molar-refractivity contribution in [3.8, 4) is 5.75 Å². The molecule has 2 aliphatic rings. The first kappa shape index (κ1) is 27.0. The lowest BCUT2D eigenvalue weighted by Gasteiger charge is -2.24. The van der Waals surface area contributed by atoms with E-state index < -0.39 is 35.9 Å². The number of carbonyl (C=O) groups is 3. The number of nitrogens with one attached hydrogen (secondary N) is 2. The van der Waals surface area contributed by atoms with Crippen LogP contribution in [0.2, 0.25) is 0 Å². The first-order valence-corrected chi connectivity index (χ1v) is 11.4. The van der Waals surface area contributed by atoms with Gasteiger partial charge in [0.1, 0.15) is 23.9 Å². The highest BCUT2D eigenvalue weighted by Gasteiger charge is 2.29. The molecule has 9 nitrogen and oxygen atoms in total. The molecule has 0 saturated carbocycles. The minimum Gasteiger partial charge on any atom is -0.560 e. The number of fused-ring (bicyclic) bond motifs is 14. The molecule has 1 aromatic rings. The minimum absolute atomic E-state index is 0.124. The summed E-state index contributed by atoms with van der Waals surface area (Å²) in [6.07, 6.45) is 6.53. The maximum Gasteiger partial charge on any atom is 0.328 e. The van der Waals surface area contributed by atoms with Crippen molar-refractivity contribution in [3.05, 3.63) is 42.0 Å². The zero-order valence-electron chi connectivity index (χ0n) is 20.3. The second kappa shape index (κ2) is 14.1. The van der Waals surface area contributed by atoms with E-state index in [9.17, 15) is 14.4 Å². The van der Waals surface area contributed by atoms with Gasteiger partial charge in [-0.3, -0.25) is 9.59 Å². The van der Waals surface area contributed by atoms with Crippen molar-refractivity contribution in [2.24, 2.45) is 10.9 Å². The van der Waals surface area contributed by atoms with Crippen LogP contribution < -0.4 is 15.4 Å². The van der Waals surface area contributed by atoms with E-state index in [0.29, 0.717) is 25.9 Å². The summed E-state index contributed by atoms with van der Waals surface area (Å²) in [5.74, 6) is -0.574. The van der Waals surface area contributed by atoms with E-state index in [-0.39, 0.29) is 12.3 Å². The van der Waals surface area contributed by atoms with Crippen LogP contribution in [0.15, 0.2) is 41.4 Å². The first-order valence-electron chi connectivity index (χ1n) is 11.4. The van der Waals surface area contributed by atoms with Gasteiger partial charge >= 0.3 is 14.0 Å². The van der Waals surface area contributed by atoms with Crippen LogP contribution in [0.5, 0.6) is 5.75 Å². The molecule has 0 fully saturated rings. The van der Waals surface area contributed by atoms with Crippen molar-refractivity contribution >= 4 is 32.2 Å². The van der Waals surface area contributed by atoms with Crippen molar-refractivity contribution in [3.63, 3.8) is 0 Å². The van der Waals surface area contributed by atoms with Gasteiger partial charge in [-0.05, 0) is 42.9 Å². The van der Waals surface area contributed by atoms with Crippen LogP contribution in [0.3, 0.4) is 0 Å². The van der Waals surface area contributed by atoms with Gasteiger partial charge in [-0.15, -0.1) is 0 Å². The number of ether oxygens (including phenoxy) is 2. The quantitative estimate of drug-likeness (QED) is 0.219. The molecule has 0 spiro atoms. The molecule has 0 aliphatic carbocycles. The Kier molecular flexibility index (Phi) is 11.2. The molecule has 3 atom stereocenters. The topological polar surface area (TPSA) is 115 Å². The maximum atomic E-state index is 13.1. The molecule has 3 rings (SSSR count). The fourth-order valence-corrected chi connectivity index (χ4v) is 3.49. The predicted octanol–water partition coefficient (Wildman–Crippen LogP) is 1.11. The van der Waals surface area contributed by atoms with Crippen LogP contribution in [-0.4, -0.2) is 64.1 Å². The Hall–Kier alpha value is -3.30. The molecule has 2 aliphatic heterocycles. The number of nitrogens with zero attached hydrogens (tertiary/aromatic N) is 1. The Morgan fingerprint density at radius 1 is 1.21 bits per heavy atom. The Balaban J connectivity index is 2.35. The predicted molar refractivity (Wildman–Crippen MR) is 131 cm³/mol. The van der Waals surface area contributed by atoms with E-state index in [1.807, 2.05) is 50.3 Å². The summed E-state index contributed by atoms with van der Waals surface area (Å²) < 4.78 is 15.5. The number of hydrogen-bond donors (Lipinski definition) is 2. The van der Waals surface area contributed by atoms with Gasteiger partial charge in [-0.25, -0.2) is 9.79 Å². The van der Waals surface area contributed by atoms with Crippen molar-refractivity contribution in [2.75, 3.05) is 13.7 Å². The van der Waals surface area contributed by atoms with E-state index in [1.165, 1.54) is 21.6 Å². The summed E-state index contributed by atoms with van der Waals surface area (Å²) in [6.45, 7) is 4.37. The van der Waals surface area contributed by atoms with E-state index in [4.69, 9.17) is 14.1 Å². The molecule has 0 unspecified atom stereocenters. The van der Waals surface area contributed by atoms with Gasteiger partial charge in [0.2, 0.25) is 11.8 Å². The van der Waals surface area contributed by atoms with E-state index in [0.717, 1.165) is 11.3 Å². The molecule has 2 N–H and O–H groups in total. The number of rotatable bonds is 5. The van der Waals surface area contributed by atoms with Crippen molar-refractivity contribution < 1.29 is 28.5 Å². The number of hydrogen-bond acceptors (Lipinski definition) is 7. The molecule has 2 amide bonds. The first-order chi connectivity index (χ1) is 16.3. The molecule has 184 valence electrons. The van der Waals surface area contributed by atoms with Crippen LogP contribution in [-0.2, 0) is 30.2 Å². The number of aliphatic imine (C=N–C) groups is 1. The SMILES string of the molecule is BOC=N[C@H]1Cc2ccc(cc2)OCCC=CC[C@@H](C(=O)OC)NC(=O)[C@H](CC(C)C)NC1=O. The van der Waals surface area contributed by atoms with Gasteiger partial charge in [0.25, 0.3) is 0 Å². The Bertz CT molecular complexity index is 872. The summed E-state index contributed by atoms with van der Waals surface area (Å²) in [7, 11) is 2.72. The number of amides is 2. The highest BCUT2D eigenvalue weighted by molar-refractivity contribution is 6.02. The smallest absolute Gasteiger partial charge is 0.328 e. The van der Waals surface area contributed by atoms with Crippen molar-refractivity contribution in [1.82, 2.24) is 10.6 Å². The molecule has 2 heterocycles. The summed E-state index contributed by atoms with van der Waals surface area (Å²) >= 11 is 0. The number of esters is 1. The zero-order chi connectivity index (χ0) is 24.9. The fourth-order valence-electron chi connectivity index (χ4n) is 3.49. The molecule has 0 aromatic heterocycles. The molecule has 1 aromatic carbocycles. The summed E-state index contributed by atoms with van der Waals surface area (Å²) in [5.41, 5.74) is 0.886.